The molecule has 0 N–H and O–H groups in total. The third kappa shape index (κ3) is 4.60. The summed E-state index contributed by atoms with van der Waals surface area (Å²) in [6.45, 7) is 8.73. The smallest absolute Gasteiger partial charge is 0.263 e. The molecule has 0 bridgehead atoms. The lowest BCUT2D eigenvalue weighted by atomic mass is 10.2. The lowest BCUT2D eigenvalue weighted by molar-refractivity contribution is -0.138. The molecule has 2 saturated heterocycles. The highest BCUT2D eigenvalue weighted by Crippen LogP contribution is 2.22. The van der Waals surface area contributed by atoms with Gasteiger partial charge in [0.1, 0.15) is 11.6 Å². The number of nitrogens with zero attached hydrogens (tertiary/aromatic N) is 5. The number of anilines is 2. The Morgan fingerprint density at radius 1 is 0.966 bits per heavy atom. The van der Waals surface area contributed by atoms with E-state index >= 15 is 0 Å². The van der Waals surface area contributed by atoms with E-state index in [1.54, 1.807) is 0 Å². The molecular formula is C22H29N5O2. The molecule has 2 aliphatic heterocycles. The van der Waals surface area contributed by atoms with Crippen molar-refractivity contribution < 1.29 is 9.53 Å². The Balaban J connectivity index is 1.36. The topological polar surface area (TPSA) is 61.8 Å². The highest BCUT2D eigenvalue weighted by molar-refractivity contribution is 5.81. The van der Waals surface area contributed by atoms with Crippen molar-refractivity contribution in [2.45, 2.75) is 32.8 Å². The quantitative estimate of drug-likeness (QED) is 0.775. The zero-order valence-corrected chi connectivity index (χ0v) is 17.3. The van der Waals surface area contributed by atoms with Crippen LogP contribution in [-0.2, 0) is 4.79 Å². The molecule has 29 heavy (non-hydrogen) atoms. The van der Waals surface area contributed by atoms with Crippen LogP contribution >= 0.6 is 0 Å². The van der Waals surface area contributed by atoms with E-state index in [4.69, 9.17) is 9.72 Å². The fraction of sp³-hybridized carbons (Fsp3) is 0.500. The van der Waals surface area contributed by atoms with Gasteiger partial charge >= 0.3 is 0 Å². The number of para-hydroxylation sites is 1. The van der Waals surface area contributed by atoms with Gasteiger partial charge in [0.25, 0.3) is 5.91 Å². The molecule has 7 nitrogen and oxygen atoms in total. The third-order valence-electron chi connectivity index (χ3n) is 5.54. The molecule has 1 amide bonds. The minimum absolute atomic E-state index is 0.0245. The molecule has 154 valence electrons. The van der Waals surface area contributed by atoms with Crippen LogP contribution in [0.5, 0.6) is 5.75 Å². The van der Waals surface area contributed by atoms with Crippen LogP contribution in [-0.4, -0.2) is 66.1 Å². The maximum atomic E-state index is 12.8. The predicted molar refractivity (Wildman–Crippen MR) is 114 cm³/mol. The van der Waals surface area contributed by atoms with E-state index in [1.165, 1.54) is 12.8 Å². The molecule has 1 aromatic heterocycles. The van der Waals surface area contributed by atoms with Crippen LogP contribution in [0.25, 0.3) is 0 Å². The molecule has 0 spiro atoms. The summed E-state index contributed by atoms with van der Waals surface area (Å²) in [7, 11) is 0. The van der Waals surface area contributed by atoms with Crippen molar-refractivity contribution in [3.8, 4) is 5.75 Å². The van der Waals surface area contributed by atoms with E-state index < -0.39 is 6.10 Å². The highest BCUT2D eigenvalue weighted by atomic mass is 16.5. The molecule has 4 rings (SSSR count). The normalized spacial score (nSPS) is 18.1. The van der Waals surface area contributed by atoms with Crippen molar-refractivity contribution in [2.75, 3.05) is 49.1 Å². The van der Waals surface area contributed by atoms with Crippen molar-refractivity contribution in [3.63, 3.8) is 0 Å². The number of carbonyl (C=O) groups excluding carboxylic acids is 1. The minimum Gasteiger partial charge on any atom is -0.481 e. The maximum Gasteiger partial charge on any atom is 0.263 e. The van der Waals surface area contributed by atoms with Crippen molar-refractivity contribution in [1.29, 1.82) is 0 Å². The molecule has 0 saturated carbocycles. The summed E-state index contributed by atoms with van der Waals surface area (Å²) in [6.07, 6.45) is 1.95. The van der Waals surface area contributed by atoms with Gasteiger partial charge < -0.3 is 19.4 Å². The van der Waals surface area contributed by atoms with Crippen LogP contribution < -0.4 is 14.5 Å². The number of aryl methyl sites for hydroxylation is 1. The summed E-state index contributed by atoms with van der Waals surface area (Å²) in [6, 6.07) is 11.6. The number of benzene rings is 1. The molecule has 0 aliphatic carbocycles. The van der Waals surface area contributed by atoms with Crippen LogP contribution in [0.4, 0.5) is 11.8 Å². The Bertz CT molecular complexity index is 830. The number of ether oxygens (including phenoxy) is 1. The van der Waals surface area contributed by atoms with Crippen LogP contribution in [0, 0.1) is 6.92 Å². The summed E-state index contributed by atoms with van der Waals surface area (Å²) in [5.74, 6) is 2.53. The Kier molecular flexibility index (Phi) is 5.83. The molecule has 1 unspecified atom stereocenters. The standard InChI is InChI=1S/C22H29N5O2/c1-17-16-20(25-10-6-7-11-25)24-22(23-17)27-14-12-26(13-15-27)21(28)18(2)29-19-8-4-3-5-9-19/h3-5,8-9,16,18H,6-7,10-15H2,1-2H3. The zero-order chi connectivity index (χ0) is 20.2. The van der Waals surface area contributed by atoms with Crippen molar-refractivity contribution in [3.05, 3.63) is 42.1 Å². The van der Waals surface area contributed by atoms with Crippen molar-refractivity contribution >= 4 is 17.7 Å². The summed E-state index contributed by atoms with van der Waals surface area (Å²) < 4.78 is 5.79. The molecule has 3 heterocycles. The highest BCUT2D eigenvalue weighted by Gasteiger charge is 2.27. The minimum atomic E-state index is -0.499. The number of piperazine rings is 1. The first-order valence-electron chi connectivity index (χ1n) is 10.5. The van der Waals surface area contributed by atoms with Crippen LogP contribution in [0.2, 0.25) is 0 Å². The van der Waals surface area contributed by atoms with Gasteiger partial charge in [0.2, 0.25) is 5.95 Å². The summed E-state index contributed by atoms with van der Waals surface area (Å²) in [5.41, 5.74) is 0.986. The second-order valence-corrected chi connectivity index (χ2v) is 7.75. The number of amides is 1. The monoisotopic (exact) mass is 395 g/mol. The molecule has 7 heteroatoms. The average molecular weight is 396 g/mol. The van der Waals surface area contributed by atoms with Gasteiger partial charge in [-0.2, -0.15) is 4.98 Å². The van der Waals surface area contributed by atoms with E-state index in [0.717, 1.165) is 49.4 Å². The zero-order valence-electron chi connectivity index (χ0n) is 17.3. The van der Waals surface area contributed by atoms with Gasteiger partial charge in [-0.15, -0.1) is 0 Å². The fourth-order valence-corrected chi connectivity index (χ4v) is 3.92. The number of hydrogen-bond donors (Lipinski definition) is 0. The molecule has 0 radical (unpaired) electrons. The van der Waals surface area contributed by atoms with E-state index in [0.29, 0.717) is 13.1 Å². The summed E-state index contributed by atoms with van der Waals surface area (Å²) in [5, 5.41) is 0. The van der Waals surface area contributed by atoms with E-state index in [-0.39, 0.29) is 5.91 Å². The number of hydrogen-bond acceptors (Lipinski definition) is 6. The van der Waals surface area contributed by atoms with Gasteiger partial charge in [-0.25, -0.2) is 4.98 Å². The van der Waals surface area contributed by atoms with E-state index in [9.17, 15) is 4.79 Å². The Morgan fingerprint density at radius 3 is 2.34 bits per heavy atom. The second kappa shape index (κ2) is 8.68. The first kappa shape index (κ1) is 19.5. The van der Waals surface area contributed by atoms with Crippen molar-refractivity contribution in [1.82, 2.24) is 14.9 Å². The van der Waals surface area contributed by atoms with Crippen LogP contribution in [0.1, 0.15) is 25.5 Å². The molecule has 1 atom stereocenters. The SMILES string of the molecule is Cc1cc(N2CCCC2)nc(N2CCN(C(=O)C(C)Oc3ccccc3)CC2)n1. The first-order valence-corrected chi connectivity index (χ1v) is 10.5. The Hall–Kier alpha value is -2.83. The number of rotatable bonds is 5. The third-order valence-corrected chi connectivity index (χ3v) is 5.54. The summed E-state index contributed by atoms with van der Waals surface area (Å²) >= 11 is 0. The lowest BCUT2D eigenvalue weighted by Crippen LogP contribution is -2.52. The fourth-order valence-electron chi connectivity index (χ4n) is 3.92. The Morgan fingerprint density at radius 2 is 1.66 bits per heavy atom. The van der Waals surface area contributed by atoms with Gasteiger partial charge in [0, 0.05) is 51.0 Å². The van der Waals surface area contributed by atoms with Gasteiger partial charge in [0.05, 0.1) is 0 Å². The largest absolute Gasteiger partial charge is 0.481 e. The van der Waals surface area contributed by atoms with E-state index in [1.807, 2.05) is 49.1 Å². The van der Waals surface area contributed by atoms with Crippen LogP contribution in [0.15, 0.2) is 36.4 Å². The average Bonchev–Trinajstić information content (AvgIpc) is 3.29. The van der Waals surface area contributed by atoms with Crippen LogP contribution in [0.3, 0.4) is 0 Å². The number of aromatic nitrogens is 2. The van der Waals surface area contributed by atoms with Gasteiger partial charge in [0.15, 0.2) is 6.10 Å². The summed E-state index contributed by atoms with van der Waals surface area (Å²) in [4.78, 5) is 28.6. The maximum absolute atomic E-state index is 12.8. The van der Waals surface area contributed by atoms with Gasteiger partial charge in [-0.05, 0) is 38.8 Å². The second-order valence-electron chi connectivity index (χ2n) is 7.75. The predicted octanol–water partition coefficient (Wildman–Crippen LogP) is 2.50. The lowest BCUT2D eigenvalue weighted by Gasteiger charge is -2.36. The molecule has 1 aromatic carbocycles. The van der Waals surface area contributed by atoms with Gasteiger partial charge in [-0.3, -0.25) is 4.79 Å². The molecular weight excluding hydrogens is 366 g/mol. The molecule has 2 aromatic rings. The van der Waals surface area contributed by atoms with Crippen molar-refractivity contribution in [2.24, 2.45) is 0 Å². The van der Waals surface area contributed by atoms with Gasteiger partial charge in [-0.1, -0.05) is 18.2 Å². The van der Waals surface area contributed by atoms with E-state index in [2.05, 4.69) is 20.9 Å². The molecule has 2 aliphatic rings. The molecule has 2 fully saturated rings. The number of carbonyl (C=O) groups is 1. The first-order chi connectivity index (χ1) is 14.1. The Labute approximate surface area is 172 Å².